The Labute approximate surface area is 83.8 Å². The van der Waals surface area contributed by atoms with Gasteiger partial charge in [-0.05, 0) is 32.1 Å². The third-order valence-corrected chi connectivity index (χ3v) is 2.45. The largest absolute Gasteiger partial charge is 0.376 e. The molecule has 0 bridgehead atoms. The Morgan fingerprint density at radius 2 is 1.92 bits per heavy atom. The smallest absolute Gasteiger partial charge is 0.0174 e. The fourth-order valence-corrected chi connectivity index (χ4v) is 1.45. The highest BCUT2D eigenvalue weighted by molar-refractivity contribution is 4.91. The molecule has 0 rings (SSSR count). The summed E-state index contributed by atoms with van der Waals surface area (Å²) in [6.45, 7) is 15.3. The molecule has 0 aliphatic carbocycles. The first kappa shape index (κ1) is 12.5. The maximum atomic E-state index is 4.07. The van der Waals surface area contributed by atoms with Gasteiger partial charge in [-0.1, -0.05) is 27.4 Å². The van der Waals surface area contributed by atoms with Crippen molar-refractivity contribution >= 4 is 0 Å². The second kappa shape index (κ2) is 6.99. The molecule has 0 amide bonds. The minimum atomic E-state index is 0.827. The summed E-state index contributed by atoms with van der Waals surface area (Å²) in [4.78, 5) is 2.39. The fourth-order valence-electron chi connectivity index (χ4n) is 1.45. The van der Waals surface area contributed by atoms with E-state index in [-0.39, 0.29) is 0 Å². The van der Waals surface area contributed by atoms with Crippen molar-refractivity contribution in [2.24, 2.45) is 5.92 Å². The predicted molar refractivity (Wildman–Crippen MR) is 60.8 cm³/mol. The van der Waals surface area contributed by atoms with Crippen molar-refractivity contribution in [2.75, 3.05) is 13.1 Å². The third kappa shape index (κ3) is 5.73. The number of hydrogen-bond donors (Lipinski definition) is 0. The van der Waals surface area contributed by atoms with E-state index in [9.17, 15) is 0 Å². The lowest BCUT2D eigenvalue weighted by molar-refractivity contribution is 0.335. The first-order chi connectivity index (χ1) is 6.11. The molecule has 0 aromatic heterocycles. The van der Waals surface area contributed by atoms with Gasteiger partial charge in [0.2, 0.25) is 0 Å². The van der Waals surface area contributed by atoms with Crippen LogP contribution in [-0.4, -0.2) is 18.0 Å². The van der Waals surface area contributed by atoms with Crippen molar-refractivity contribution in [3.8, 4) is 0 Å². The lowest BCUT2D eigenvalue weighted by Crippen LogP contribution is -2.23. The van der Waals surface area contributed by atoms with Gasteiger partial charge in [0.1, 0.15) is 0 Å². The monoisotopic (exact) mass is 183 g/mol. The van der Waals surface area contributed by atoms with Crippen LogP contribution in [0.5, 0.6) is 0 Å². The lowest BCUT2D eigenvalue weighted by Gasteiger charge is -2.24. The van der Waals surface area contributed by atoms with Crippen LogP contribution < -0.4 is 0 Å². The van der Waals surface area contributed by atoms with E-state index in [1.54, 1.807) is 0 Å². The minimum Gasteiger partial charge on any atom is -0.376 e. The number of nitrogens with zero attached hydrogens (tertiary/aromatic N) is 1. The molecule has 0 unspecified atom stereocenters. The molecule has 0 spiro atoms. The van der Waals surface area contributed by atoms with Crippen LogP contribution >= 0.6 is 0 Å². The molecule has 0 aliphatic rings. The molecule has 13 heavy (non-hydrogen) atoms. The minimum absolute atomic E-state index is 0.827. The van der Waals surface area contributed by atoms with Crippen molar-refractivity contribution in [2.45, 2.75) is 47.0 Å². The van der Waals surface area contributed by atoms with Crippen LogP contribution in [0.15, 0.2) is 12.3 Å². The molecule has 0 saturated carbocycles. The van der Waals surface area contributed by atoms with Crippen molar-refractivity contribution in [3.63, 3.8) is 0 Å². The highest BCUT2D eigenvalue weighted by Gasteiger charge is 2.03. The zero-order valence-corrected chi connectivity index (χ0v) is 9.77. The first-order valence-corrected chi connectivity index (χ1v) is 5.54. The van der Waals surface area contributed by atoms with Gasteiger partial charge >= 0.3 is 0 Å². The molecule has 1 heteroatoms. The van der Waals surface area contributed by atoms with Gasteiger partial charge in [0.15, 0.2) is 0 Å². The number of hydrogen-bond acceptors (Lipinski definition) is 1. The first-order valence-electron chi connectivity index (χ1n) is 5.54. The summed E-state index contributed by atoms with van der Waals surface area (Å²) < 4.78 is 0. The quantitative estimate of drug-likeness (QED) is 0.582. The highest BCUT2D eigenvalue weighted by Crippen LogP contribution is 2.10. The second-order valence-corrected chi connectivity index (χ2v) is 4.04. The van der Waals surface area contributed by atoms with Crippen LogP contribution in [0.3, 0.4) is 0 Å². The fraction of sp³-hybridized carbons (Fsp3) is 0.833. The van der Waals surface area contributed by atoms with E-state index in [0.717, 1.165) is 18.9 Å². The summed E-state index contributed by atoms with van der Waals surface area (Å²) in [6.07, 6.45) is 3.70. The standard InChI is InChI=1S/C12H25N/c1-6-12(5)13(7-2)10-8-9-11(3)4/h11H,5-10H2,1-4H3. The third-order valence-electron chi connectivity index (χ3n) is 2.45. The molecule has 0 radical (unpaired) electrons. The van der Waals surface area contributed by atoms with E-state index in [2.05, 4.69) is 39.2 Å². The van der Waals surface area contributed by atoms with E-state index in [1.807, 2.05) is 0 Å². The Morgan fingerprint density at radius 3 is 2.31 bits per heavy atom. The van der Waals surface area contributed by atoms with Gasteiger partial charge in [-0.15, -0.1) is 0 Å². The Hall–Kier alpha value is -0.460. The SMILES string of the molecule is C=C(CC)N(CC)CCCC(C)C. The van der Waals surface area contributed by atoms with E-state index in [4.69, 9.17) is 0 Å². The molecule has 0 aromatic carbocycles. The van der Waals surface area contributed by atoms with Crippen molar-refractivity contribution in [1.29, 1.82) is 0 Å². The van der Waals surface area contributed by atoms with E-state index >= 15 is 0 Å². The molecular weight excluding hydrogens is 158 g/mol. The average Bonchev–Trinajstić information content (AvgIpc) is 2.11. The van der Waals surface area contributed by atoms with Crippen LogP contribution in [0.25, 0.3) is 0 Å². The molecular formula is C12H25N. The molecule has 0 fully saturated rings. The summed E-state index contributed by atoms with van der Waals surface area (Å²) in [7, 11) is 0. The Morgan fingerprint density at radius 1 is 1.31 bits per heavy atom. The molecule has 0 heterocycles. The highest BCUT2D eigenvalue weighted by atomic mass is 15.1. The van der Waals surface area contributed by atoms with Crippen LogP contribution in [0.2, 0.25) is 0 Å². The normalized spacial score (nSPS) is 10.5. The zero-order chi connectivity index (χ0) is 10.3. The second-order valence-electron chi connectivity index (χ2n) is 4.04. The number of allylic oxidation sites excluding steroid dienone is 1. The van der Waals surface area contributed by atoms with Crippen molar-refractivity contribution in [3.05, 3.63) is 12.3 Å². The maximum Gasteiger partial charge on any atom is 0.0174 e. The molecule has 0 aliphatic heterocycles. The molecule has 1 nitrogen and oxygen atoms in total. The van der Waals surface area contributed by atoms with Gasteiger partial charge in [0.25, 0.3) is 0 Å². The molecule has 78 valence electrons. The Bertz CT molecular complexity index is 138. The summed E-state index contributed by atoms with van der Waals surface area (Å²) >= 11 is 0. The van der Waals surface area contributed by atoms with Gasteiger partial charge in [0.05, 0.1) is 0 Å². The van der Waals surface area contributed by atoms with Crippen LogP contribution in [0.1, 0.15) is 47.0 Å². The van der Waals surface area contributed by atoms with Crippen molar-refractivity contribution < 1.29 is 0 Å². The topological polar surface area (TPSA) is 3.24 Å². The zero-order valence-electron chi connectivity index (χ0n) is 9.77. The maximum absolute atomic E-state index is 4.07. The van der Waals surface area contributed by atoms with Crippen molar-refractivity contribution in [1.82, 2.24) is 4.90 Å². The summed E-state index contributed by atoms with van der Waals surface area (Å²) in [5.41, 5.74) is 1.28. The predicted octanol–water partition coefficient (Wildman–Crippen LogP) is 3.67. The number of rotatable bonds is 7. The van der Waals surface area contributed by atoms with Gasteiger partial charge in [-0.2, -0.15) is 0 Å². The Kier molecular flexibility index (Phi) is 6.75. The molecule has 0 N–H and O–H groups in total. The van der Waals surface area contributed by atoms with Gasteiger partial charge in [-0.25, -0.2) is 0 Å². The Balaban J connectivity index is 3.66. The summed E-state index contributed by atoms with van der Waals surface area (Å²) in [5, 5.41) is 0. The van der Waals surface area contributed by atoms with Gasteiger partial charge in [-0.3, -0.25) is 0 Å². The van der Waals surface area contributed by atoms with E-state index < -0.39 is 0 Å². The van der Waals surface area contributed by atoms with Crippen LogP contribution in [-0.2, 0) is 0 Å². The van der Waals surface area contributed by atoms with Crippen LogP contribution in [0.4, 0.5) is 0 Å². The summed E-state index contributed by atoms with van der Waals surface area (Å²) in [5.74, 6) is 0.827. The van der Waals surface area contributed by atoms with E-state index in [1.165, 1.54) is 25.1 Å². The molecule has 0 atom stereocenters. The molecule has 0 saturated heterocycles. The lowest BCUT2D eigenvalue weighted by atomic mass is 10.1. The van der Waals surface area contributed by atoms with Crippen LogP contribution in [0, 0.1) is 5.92 Å². The summed E-state index contributed by atoms with van der Waals surface area (Å²) in [6, 6.07) is 0. The molecule has 0 aromatic rings. The average molecular weight is 183 g/mol. The van der Waals surface area contributed by atoms with E-state index in [0.29, 0.717) is 0 Å². The van der Waals surface area contributed by atoms with Gasteiger partial charge < -0.3 is 4.90 Å². The van der Waals surface area contributed by atoms with Gasteiger partial charge in [0, 0.05) is 18.8 Å².